The van der Waals surface area contributed by atoms with Gasteiger partial charge in [-0.15, -0.1) is 9.93 Å². The van der Waals surface area contributed by atoms with Crippen molar-refractivity contribution in [2.45, 2.75) is 0 Å². The molecule has 1 aliphatic rings. The molecule has 0 radical (unpaired) electrons. The Bertz CT molecular complexity index is 571. The minimum atomic E-state index is 0.912. The maximum absolute atomic E-state index is 4.56. The van der Waals surface area contributed by atoms with Gasteiger partial charge in [-0.25, -0.2) is 0 Å². The first-order chi connectivity index (χ1) is 9.34. The standard InChI is InChI=1S/C14H14N4S/c1-17(12-8-4-2-5-9-12)14-15-18(16-19-14)13-10-6-3-7-11-13/h2-11,16H,1H3. The number of hydrogen-bond donors (Lipinski definition) is 1. The van der Waals surface area contributed by atoms with Gasteiger partial charge in [0.05, 0.1) is 5.69 Å². The second-order valence-corrected chi connectivity index (χ2v) is 4.87. The number of hydrazine groups is 1. The molecule has 2 aromatic carbocycles. The first-order valence-corrected chi connectivity index (χ1v) is 6.81. The van der Waals surface area contributed by atoms with Gasteiger partial charge in [0.1, 0.15) is 0 Å². The summed E-state index contributed by atoms with van der Waals surface area (Å²) in [6.45, 7) is 0. The summed E-state index contributed by atoms with van der Waals surface area (Å²) in [5.74, 6) is 0. The molecule has 1 heterocycles. The van der Waals surface area contributed by atoms with E-state index in [2.05, 4.69) is 27.0 Å². The summed E-state index contributed by atoms with van der Waals surface area (Å²) in [5, 5.41) is 7.25. The molecule has 4 nitrogen and oxygen atoms in total. The Morgan fingerprint density at radius 2 is 1.63 bits per heavy atom. The van der Waals surface area contributed by atoms with Crippen LogP contribution in [0.1, 0.15) is 0 Å². The molecule has 0 saturated heterocycles. The predicted molar refractivity (Wildman–Crippen MR) is 81.9 cm³/mol. The molecule has 0 unspecified atom stereocenters. The molecule has 1 N–H and O–H groups in total. The van der Waals surface area contributed by atoms with Crippen LogP contribution in [0.4, 0.5) is 11.4 Å². The highest BCUT2D eigenvalue weighted by Crippen LogP contribution is 2.23. The third kappa shape index (κ3) is 2.57. The van der Waals surface area contributed by atoms with Gasteiger partial charge in [0, 0.05) is 24.7 Å². The highest BCUT2D eigenvalue weighted by Gasteiger charge is 2.20. The Hall–Kier alpha value is -1.98. The lowest BCUT2D eigenvalue weighted by atomic mass is 10.3. The predicted octanol–water partition coefficient (Wildman–Crippen LogP) is 3.07. The number of nitrogens with zero attached hydrogens (tertiary/aromatic N) is 3. The van der Waals surface area contributed by atoms with Crippen LogP contribution >= 0.6 is 11.9 Å². The van der Waals surface area contributed by atoms with E-state index in [1.165, 1.54) is 11.9 Å². The first kappa shape index (κ1) is 12.1. The molecule has 19 heavy (non-hydrogen) atoms. The second-order valence-electron chi connectivity index (χ2n) is 4.12. The number of hydrogen-bond acceptors (Lipinski definition) is 5. The minimum absolute atomic E-state index is 0.912. The number of rotatable bonds is 2. The van der Waals surface area contributed by atoms with Crippen molar-refractivity contribution in [3.05, 3.63) is 60.7 Å². The zero-order valence-electron chi connectivity index (χ0n) is 10.5. The average Bonchev–Trinajstić information content (AvgIpc) is 2.98. The topological polar surface area (TPSA) is 30.9 Å². The van der Waals surface area contributed by atoms with Gasteiger partial charge < -0.3 is 4.90 Å². The van der Waals surface area contributed by atoms with Crippen molar-refractivity contribution in [1.82, 2.24) is 4.83 Å². The van der Waals surface area contributed by atoms with Gasteiger partial charge in [0.2, 0.25) is 5.17 Å². The van der Waals surface area contributed by atoms with Crippen LogP contribution in [-0.2, 0) is 0 Å². The zero-order valence-corrected chi connectivity index (χ0v) is 11.3. The van der Waals surface area contributed by atoms with Gasteiger partial charge in [-0.3, -0.25) is 0 Å². The van der Waals surface area contributed by atoms with Crippen molar-refractivity contribution in [3.63, 3.8) is 0 Å². The molecule has 0 atom stereocenters. The Morgan fingerprint density at radius 3 is 2.32 bits per heavy atom. The molecule has 0 spiro atoms. The van der Waals surface area contributed by atoms with Gasteiger partial charge in [0.25, 0.3) is 0 Å². The average molecular weight is 270 g/mol. The molecule has 2 aromatic rings. The van der Waals surface area contributed by atoms with Crippen molar-refractivity contribution in [2.75, 3.05) is 17.1 Å². The Kier molecular flexibility index (Phi) is 3.39. The van der Waals surface area contributed by atoms with E-state index in [0.717, 1.165) is 16.5 Å². The molecular weight excluding hydrogens is 256 g/mol. The van der Waals surface area contributed by atoms with Gasteiger partial charge in [0.15, 0.2) is 0 Å². The van der Waals surface area contributed by atoms with Gasteiger partial charge in [-0.05, 0) is 24.3 Å². The fourth-order valence-electron chi connectivity index (χ4n) is 1.79. The zero-order chi connectivity index (χ0) is 13.1. The first-order valence-electron chi connectivity index (χ1n) is 5.99. The van der Waals surface area contributed by atoms with Crippen molar-refractivity contribution >= 4 is 28.5 Å². The number of para-hydroxylation sites is 2. The molecular formula is C14H14N4S. The molecule has 5 heteroatoms. The summed E-state index contributed by atoms with van der Waals surface area (Å²) in [6, 6.07) is 20.2. The van der Waals surface area contributed by atoms with Crippen molar-refractivity contribution in [3.8, 4) is 0 Å². The number of benzene rings is 2. The molecule has 0 saturated carbocycles. The van der Waals surface area contributed by atoms with E-state index < -0.39 is 0 Å². The molecule has 96 valence electrons. The molecule has 0 amide bonds. The summed E-state index contributed by atoms with van der Waals surface area (Å²) in [6.07, 6.45) is 0. The molecule has 0 aromatic heterocycles. The van der Waals surface area contributed by atoms with Crippen LogP contribution in [0.5, 0.6) is 0 Å². The highest BCUT2D eigenvalue weighted by molar-refractivity contribution is 8.12. The number of anilines is 2. The van der Waals surface area contributed by atoms with E-state index >= 15 is 0 Å². The van der Waals surface area contributed by atoms with Crippen molar-refractivity contribution in [1.29, 1.82) is 0 Å². The van der Waals surface area contributed by atoms with Crippen LogP contribution in [0.3, 0.4) is 0 Å². The lowest BCUT2D eigenvalue weighted by molar-refractivity contribution is 0.876. The van der Waals surface area contributed by atoms with E-state index in [4.69, 9.17) is 0 Å². The minimum Gasteiger partial charge on any atom is -0.322 e. The van der Waals surface area contributed by atoms with E-state index in [0.29, 0.717) is 0 Å². The Balaban J connectivity index is 1.80. The molecule has 1 aliphatic heterocycles. The van der Waals surface area contributed by atoms with Gasteiger partial charge >= 0.3 is 0 Å². The smallest absolute Gasteiger partial charge is 0.206 e. The van der Waals surface area contributed by atoms with Gasteiger partial charge in [-0.2, -0.15) is 5.12 Å². The van der Waals surface area contributed by atoms with E-state index in [1.807, 2.05) is 55.6 Å². The third-order valence-corrected chi connectivity index (χ3v) is 3.64. The second kappa shape index (κ2) is 5.34. The maximum atomic E-state index is 4.56. The van der Waals surface area contributed by atoms with Gasteiger partial charge in [-0.1, -0.05) is 36.4 Å². The van der Waals surface area contributed by atoms with E-state index in [9.17, 15) is 0 Å². The SMILES string of the molecule is CN(C1=NN(c2ccccc2)NS1)c1ccccc1. The number of hydrazone groups is 1. The number of nitrogens with one attached hydrogen (secondary N) is 1. The van der Waals surface area contributed by atoms with E-state index in [-0.39, 0.29) is 0 Å². The van der Waals surface area contributed by atoms with Crippen LogP contribution in [0.25, 0.3) is 0 Å². The quantitative estimate of drug-likeness (QED) is 0.850. The summed E-state index contributed by atoms with van der Waals surface area (Å²) in [5.41, 5.74) is 2.14. The molecule has 0 bridgehead atoms. The van der Waals surface area contributed by atoms with Crippen molar-refractivity contribution in [2.24, 2.45) is 5.10 Å². The largest absolute Gasteiger partial charge is 0.322 e. The summed E-state index contributed by atoms with van der Waals surface area (Å²) in [7, 11) is 2.01. The molecule has 3 rings (SSSR count). The molecule has 0 fully saturated rings. The third-order valence-electron chi connectivity index (χ3n) is 2.84. The maximum Gasteiger partial charge on any atom is 0.206 e. The van der Waals surface area contributed by atoms with Crippen LogP contribution in [-0.4, -0.2) is 12.2 Å². The van der Waals surface area contributed by atoms with Crippen LogP contribution in [0, 0.1) is 0 Å². The fraction of sp³-hybridized carbons (Fsp3) is 0.0714. The Labute approximate surface area is 116 Å². The fourth-order valence-corrected chi connectivity index (χ4v) is 2.47. The highest BCUT2D eigenvalue weighted by atomic mass is 32.2. The summed E-state index contributed by atoms with van der Waals surface area (Å²) >= 11 is 1.50. The van der Waals surface area contributed by atoms with E-state index in [1.54, 1.807) is 5.12 Å². The Morgan fingerprint density at radius 1 is 1.00 bits per heavy atom. The van der Waals surface area contributed by atoms with Crippen LogP contribution < -0.4 is 14.8 Å². The van der Waals surface area contributed by atoms with Crippen LogP contribution in [0.15, 0.2) is 65.8 Å². The normalized spacial score (nSPS) is 14.4. The summed E-state index contributed by atoms with van der Waals surface area (Å²) in [4.78, 5) is 5.23. The number of amidine groups is 1. The monoisotopic (exact) mass is 270 g/mol. The van der Waals surface area contributed by atoms with Crippen molar-refractivity contribution < 1.29 is 0 Å². The summed E-state index contributed by atoms with van der Waals surface area (Å²) < 4.78 is 0. The molecule has 0 aliphatic carbocycles. The lowest BCUT2D eigenvalue weighted by Gasteiger charge is -2.16. The van der Waals surface area contributed by atoms with Crippen LogP contribution in [0.2, 0.25) is 0 Å². The lowest BCUT2D eigenvalue weighted by Crippen LogP contribution is -2.22.